The van der Waals surface area contributed by atoms with E-state index in [1.165, 1.54) is 6.26 Å². The van der Waals surface area contributed by atoms with Crippen molar-refractivity contribution in [3.05, 3.63) is 54.1 Å². The Labute approximate surface area is 173 Å². The molecule has 0 saturated carbocycles. The van der Waals surface area contributed by atoms with E-state index in [1.807, 2.05) is 6.07 Å². The van der Waals surface area contributed by atoms with Gasteiger partial charge in [0.1, 0.15) is 5.75 Å². The molecule has 2 heterocycles. The molecule has 1 aromatic carbocycles. The minimum Gasteiger partial charge on any atom is -0.497 e. The summed E-state index contributed by atoms with van der Waals surface area (Å²) in [5, 5.41) is 6.71. The summed E-state index contributed by atoms with van der Waals surface area (Å²) in [4.78, 5) is 28.8. The Kier molecular flexibility index (Phi) is 7.20. The highest BCUT2D eigenvalue weighted by Crippen LogP contribution is 2.23. The van der Waals surface area contributed by atoms with E-state index in [2.05, 4.69) is 15.5 Å². The number of nitrogens with one attached hydrogen (secondary N) is 1. The largest absolute Gasteiger partial charge is 0.497 e. The van der Waals surface area contributed by atoms with Crippen molar-refractivity contribution in [1.29, 1.82) is 0 Å². The third-order valence-corrected chi connectivity index (χ3v) is 4.28. The van der Waals surface area contributed by atoms with E-state index in [9.17, 15) is 9.59 Å². The van der Waals surface area contributed by atoms with E-state index >= 15 is 0 Å². The summed E-state index contributed by atoms with van der Waals surface area (Å²) in [6.45, 7) is 2.01. The summed E-state index contributed by atoms with van der Waals surface area (Å²) < 4.78 is 20.7. The zero-order chi connectivity index (χ0) is 21.3. The van der Waals surface area contributed by atoms with Crippen LogP contribution in [0.2, 0.25) is 0 Å². The van der Waals surface area contributed by atoms with Gasteiger partial charge in [-0.1, -0.05) is 17.3 Å². The van der Waals surface area contributed by atoms with Crippen LogP contribution in [0.25, 0.3) is 11.6 Å². The Bertz CT molecular complexity index is 967. The number of carbonyl (C=O) groups is 2. The molecule has 2 aromatic heterocycles. The second-order valence-corrected chi connectivity index (χ2v) is 6.39. The molecule has 1 unspecified atom stereocenters. The normalized spacial score (nSPS) is 11.7. The standard InChI is InChI=1S/C21H23N3O6/c1-3-28-20(26)13-16(14-6-4-7-15(12-14)27-2)22-18(25)9-10-19-23-21(24-30-19)17-8-5-11-29-17/h4-8,11-12,16H,3,9-10,13H2,1-2H3,(H,22,25). The van der Waals surface area contributed by atoms with Crippen molar-refractivity contribution in [3.63, 3.8) is 0 Å². The van der Waals surface area contributed by atoms with Gasteiger partial charge in [0.15, 0.2) is 5.76 Å². The number of aromatic nitrogens is 2. The number of esters is 1. The van der Waals surface area contributed by atoms with Crippen LogP contribution >= 0.6 is 0 Å². The maximum Gasteiger partial charge on any atom is 0.308 e. The summed E-state index contributed by atoms with van der Waals surface area (Å²) in [5.74, 6) is 1.11. The van der Waals surface area contributed by atoms with Crippen molar-refractivity contribution in [2.75, 3.05) is 13.7 Å². The third kappa shape index (κ3) is 5.69. The molecule has 0 aliphatic rings. The lowest BCUT2D eigenvalue weighted by molar-refractivity contribution is -0.143. The molecule has 3 aromatic rings. The predicted octanol–water partition coefficient (Wildman–Crippen LogP) is 3.08. The molecule has 30 heavy (non-hydrogen) atoms. The first-order valence-electron chi connectivity index (χ1n) is 9.54. The van der Waals surface area contributed by atoms with E-state index in [-0.39, 0.29) is 31.8 Å². The number of amides is 1. The van der Waals surface area contributed by atoms with E-state index < -0.39 is 12.0 Å². The van der Waals surface area contributed by atoms with Crippen molar-refractivity contribution >= 4 is 11.9 Å². The summed E-state index contributed by atoms with van der Waals surface area (Å²) in [6.07, 6.45) is 1.89. The quantitative estimate of drug-likeness (QED) is 0.504. The first-order chi connectivity index (χ1) is 14.6. The Morgan fingerprint density at radius 1 is 1.23 bits per heavy atom. The van der Waals surface area contributed by atoms with Gasteiger partial charge >= 0.3 is 5.97 Å². The molecular formula is C21H23N3O6. The number of ether oxygens (including phenoxy) is 2. The second kappa shape index (κ2) is 10.2. The van der Waals surface area contributed by atoms with Gasteiger partial charge in [-0.3, -0.25) is 9.59 Å². The van der Waals surface area contributed by atoms with Gasteiger partial charge in [0.2, 0.25) is 17.6 Å². The summed E-state index contributed by atoms with van der Waals surface area (Å²) in [7, 11) is 1.55. The van der Waals surface area contributed by atoms with Crippen LogP contribution in [0.4, 0.5) is 0 Å². The van der Waals surface area contributed by atoms with Crippen molar-refractivity contribution in [3.8, 4) is 17.3 Å². The van der Waals surface area contributed by atoms with Crippen molar-refractivity contribution in [2.45, 2.75) is 32.2 Å². The van der Waals surface area contributed by atoms with Crippen LogP contribution in [0, 0.1) is 0 Å². The Hall–Kier alpha value is -3.62. The molecule has 0 spiro atoms. The minimum absolute atomic E-state index is 0.00987. The van der Waals surface area contributed by atoms with Crippen molar-refractivity contribution in [1.82, 2.24) is 15.5 Å². The molecular weight excluding hydrogens is 390 g/mol. The van der Waals surface area contributed by atoms with Gasteiger partial charge in [-0.05, 0) is 36.8 Å². The van der Waals surface area contributed by atoms with E-state index in [4.69, 9.17) is 18.4 Å². The van der Waals surface area contributed by atoms with Crippen LogP contribution in [0.15, 0.2) is 51.6 Å². The number of methoxy groups -OCH3 is 1. The molecule has 1 amide bonds. The van der Waals surface area contributed by atoms with Gasteiger partial charge in [0.25, 0.3) is 0 Å². The predicted molar refractivity (Wildman–Crippen MR) is 105 cm³/mol. The SMILES string of the molecule is CCOC(=O)CC(NC(=O)CCc1nc(-c2ccco2)no1)c1cccc(OC)c1. The molecule has 0 aliphatic heterocycles. The number of hydrogen-bond donors (Lipinski definition) is 1. The van der Waals surface area contributed by atoms with Crippen molar-refractivity contribution in [2.24, 2.45) is 0 Å². The van der Waals surface area contributed by atoms with Crippen LogP contribution in [0.1, 0.15) is 37.3 Å². The molecule has 0 fully saturated rings. The number of nitrogens with zero attached hydrogens (tertiary/aromatic N) is 2. The van der Waals surface area contributed by atoms with Crippen LogP contribution in [0.5, 0.6) is 5.75 Å². The van der Waals surface area contributed by atoms with E-state index in [0.717, 1.165) is 5.56 Å². The third-order valence-electron chi connectivity index (χ3n) is 4.28. The average molecular weight is 413 g/mol. The van der Waals surface area contributed by atoms with E-state index in [1.54, 1.807) is 44.4 Å². The number of benzene rings is 1. The van der Waals surface area contributed by atoms with Crippen molar-refractivity contribution < 1.29 is 28.0 Å². The van der Waals surface area contributed by atoms with Gasteiger partial charge in [-0.2, -0.15) is 4.98 Å². The number of aryl methyl sites for hydroxylation is 1. The lowest BCUT2D eigenvalue weighted by atomic mass is 10.0. The number of hydrogen-bond acceptors (Lipinski definition) is 8. The van der Waals surface area contributed by atoms with Crippen LogP contribution < -0.4 is 10.1 Å². The maximum atomic E-state index is 12.5. The van der Waals surface area contributed by atoms with Gasteiger partial charge in [-0.15, -0.1) is 0 Å². The molecule has 0 bridgehead atoms. The Morgan fingerprint density at radius 3 is 2.83 bits per heavy atom. The molecule has 158 valence electrons. The summed E-state index contributed by atoms with van der Waals surface area (Å²) in [6, 6.07) is 10.1. The number of rotatable bonds is 10. The number of carbonyl (C=O) groups excluding carboxylic acids is 2. The lowest BCUT2D eigenvalue weighted by Gasteiger charge is -2.19. The molecule has 9 nitrogen and oxygen atoms in total. The highest BCUT2D eigenvalue weighted by molar-refractivity contribution is 5.78. The fourth-order valence-corrected chi connectivity index (χ4v) is 2.85. The summed E-state index contributed by atoms with van der Waals surface area (Å²) >= 11 is 0. The second-order valence-electron chi connectivity index (χ2n) is 6.39. The molecule has 0 aliphatic carbocycles. The van der Waals surface area contributed by atoms with Crippen LogP contribution in [-0.4, -0.2) is 35.7 Å². The molecule has 0 radical (unpaired) electrons. The minimum atomic E-state index is -0.548. The average Bonchev–Trinajstić information content (AvgIpc) is 3.44. The molecule has 1 N–H and O–H groups in total. The fourth-order valence-electron chi connectivity index (χ4n) is 2.85. The van der Waals surface area contributed by atoms with E-state index in [0.29, 0.717) is 23.2 Å². The van der Waals surface area contributed by atoms with Crippen LogP contribution in [0.3, 0.4) is 0 Å². The van der Waals surface area contributed by atoms with Gasteiger partial charge < -0.3 is 23.7 Å². The number of furan rings is 1. The monoisotopic (exact) mass is 413 g/mol. The first-order valence-corrected chi connectivity index (χ1v) is 9.54. The summed E-state index contributed by atoms with van der Waals surface area (Å²) in [5.41, 5.74) is 0.744. The zero-order valence-corrected chi connectivity index (χ0v) is 16.8. The molecule has 0 saturated heterocycles. The molecule has 1 atom stereocenters. The highest BCUT2D eigenvalue weighted by Gasteiger charge is 2.20. The van der Waals surface area contributed by atoms with Gasteiger partial charge in [-0.25, -0.2) is 0 Å². The lowest BCUT2D eigenvalue weighted by Crippen LogP contribution is -2.30. The molecule has 3 rings (SSSR count). The zero-order valence-electron chi connectivity index (χ0n) is 16.8. The fraction of sp³-hybridized carbons (Fsp3) is 0.333. The Balaban J connectivity index is 1.62. The Morgan fingerprint density at radius 2 is 2.10 bits per heavy atom. The van der Waals surface area contributed by atoms with Gasteiger partial charge in [0, 0.05) is 12.8 Å². The van der Waals surface area contributed by atoms with Gasteiger partial charge in [0.05, 0.1) is 32.4 Å². The first kappa shape index (κ1) is 21.1. The highest BCUT2D eigenvalue weighted by atomic mass is 16.5. The maximum absolute atomic E-state index is 12.5. The van der Waals surface area contributed by atoms with Crippen LogP contribution in [-0.2, 0) is 20.7 Å². The smallest absolute Gasteiger partial charge is 0.308 e. The topological polar surface area (TPSA) is 117 Å². The molecule has 9 heteroatoms.